The molecule has 1 saturated heterocycles. The van der Waals surface area contributed by atoms with Gasteiger partial charge in [-0.1, -0.05) is 133 Å². The van der Waals surface area contributed by atoms with Gasteiger partial charge in [-0.15, -0.1) is 0 Å². The van der Waals surface area contributed by atoms with Gasteiger partial charge in [0.15, 0.2) is 5.75 Å². The first-order valence-corrected chi connectivity index (χ1v) is 18.6. The first kappa shape index (κ1) is 37.2. The lowest BCUT2D eigenvalue weighted by molar-refractivity contribution is -0.222. The average Bonchev–Trinajstić information content (AvgIpc) is 3.17. The zero-order valence-electron chi connectivity index (χ0n) is 28.5. The van der Waals surface area contributed by atoms with Crippen molar-refractivity contribution in [3.05, 3.63) is 170 Å². The smallest absolute Gasteiger partial charge is 0.152 e. The molecular formula is C43H44BrClO6. The minimum absolute atomic E-state index is 0.0208. The topological polar surface area (TPSA) is 66.4 Å². The van der Waals surface area contributed by atoms with Crippen LogP contribution in [0.15, 0.2) is 132 Å². The number of aliphatic hydroxyl groups is 1. The Morgan fingerprint density at radius 2 is 1.27 bits per heavy atom. The third kappa shape index (κ3) is 10.5. The molecular weight excluding hydrogens is 728 g/mol. The van der Waals surface area contributed by atoms with E-state index in [9.17, 15) is 5.11 Å². The zero-order valence-corrected chi connectivity index (χ0v) is 30.9. The van der Waals surface area contributed by atoms with Crippen molar-refractivity contribution in [2.24, 2.45) is 0 Å². The van der Waals surface area contributed by atoms with Gasteiger partial charge in [0.05, 0.1) is 54.7 Å². The Labute approximate surface area is 314 Å². The van der Waals surface area contributed by atoms with E-state index in [0.29, 0.717) is 63.1 Å². The molecule has 1 fully saturated rings. The summed E-state index contributed by atoms with van der Waals surface area (Å²) < 4.78 is 33.7. The second-order valence-electron chi connectivity index (χ2n) is 12.7. The molecule has 51 heavy (non-hydrogen) atoms. The Balaban J connectivity index is 1.34. The first-order chi connectivity index (χ1) is 25.1. The maximum atomic E-state index is 9.48. The van der Waals surface area contributed by atoms with Gasteiger partial charge in [0.2, 0.25) is 0 Å². The predicted octanol–water partition coefficient (Wildman–Crippen LogP) is 9.67. The van der Waals surface area contributed by atoms with E-state index >= 15 is 0 Å². The Kier molecular flexibility index (Phi) is 14.1. The molecule has 0 spiro atoms. The number of hydrogen-bond donors (Lipinski definition) is 1. The largest absolute Gasteiger partial charge is 0.491 e. The molecule has 0 radical (unpaired) electrons. The monoisotopic (exact) mass is 770 g/mol. The van der Waals surface area contributed by atoms with Crippen molar-refractivity contribution in [1.29, 1.82) is 0 Å². The van der Waals surface area contributed by atoms with Gasteiger partial charge in [-0.05, 0) is 61.8 Å². The van der Waals surface area contributed by atoms with Crippen molar-refractivity contribution >= 4 is 27.5 Å². The second kappa shape index (κ2) is 19.3. The number of benzene rings is 5. The molecule has 1 heterocycles. The Morgan fingerprint density at radius 1 is 0.725 bits per heavy atom. The van der Waals surface area contributed by atoms with Gasteiger partial charge in [0.1, 0.15) is 12.2 Å². The summed E-state index contributed by atoms with van der Waals surface area (Å²) in [6.45, 7) is 1.93. The molecule has 266 valence electrons. The van der Waals surface area contributed by atoms with Gasteiger partial charge < -0.3 is 28.8 Å². The number of hydrogen-bond acceptors (Lipinski definition) is 6. The molecule has 0 saturated carbocycles. The Bertz CT molecular complexity index is 1760. The lowest BCUT2D eigenvalue weighted by Crippen LogP contribution is -2.50. The molecule has 1 N–H and O–H groups in total. The van der Waals surface area contributed by atoms with Crippen LogP contribution in [-0.2, 0) is 45.2 Å². The lowest BCUT2D eigenvalue weighted by Gasteiger charge is -2.42. The van der Waals surface area contributed by atoms with Crippen LogP contribution in [0.25, 0.3) is 0 Å². The highest BCUT2D eigenvalue weighted by Crippen LogP contribution is 2.46. The van der Waals surface area contributed by atoms with Crippen molar-refractivity contribution in [2.45, 2.75) is 63.5 Å². The number of aliphatic hydroxyl groups excluding tert-OH is 1. The van der Waals surface area contributed by atoms with Crippen molar-refractivity contribution in [3.63, 3.8) is 0 Å². The summed E-state index contributed by atoms with van der Waals surface area (Å²) in [6.07, 6.45) is 0.0571. The molecule has 5 aromatic carbocycles. The van der Waals surface area contributed by atoms with E-state index in [4.69, 9.17) is 35.3 Å². The first-order valence-electron chi connectivity index (χ1n) is 17.5. The van der Waals surface area contributed by atoms with E-state index in [-0.39, 0.29) is 12.7 Å². The van der Waals surface area contributed by atoms with Crippen molar-refractivity contribution in [3.8, 4) is 5.75 Å². The fraction of sp³-hybridized carbons (Fsp3) is 0.302. The standard InChI is InChI=1S/C43H44BrClO6/c44-40-36(25-35(24-31-14-5-1-6-15-31)41(45)43(40)48-23-13-22-46)37-26-38(49-28-33-18-9-3-10-19-33)42(50-29-34-20-11-4-12-21-34)39(51-37)30-47-27-32-16-7-2-8-17-32/h1-12,14-21,25,37-39,42,46H,13,22-24,26-30H2/t37?,38?,39?,42-/m0/s1. The second-order valence-corrected chi connectivity index (χ2v) is 13.8. The fourth-order valence-corrected chi connectivity index (χ4v) is 7.35. The van der Waals surface area contributed by atoms with E-state index in [1.54, 1.807) is 0 Å². The summed E-state index contributed by atoms with van der Waals surface area (Å²) in [5.41, 5.74) is 6.19. The van der Waals surface area contributed by atoms with Crippen LogP contribution >= 0.6 is 27.5 Å². The van der Waals surface area contributed by atoms with Crippen LogP contribution in [0.5, 0.6) is 5.75 Å². The fourth-order valence-electron chi connectivity index (χ4n) is 6.28. The minimum atomic E-state index is -0.448. The zero-order chi connectivity index (χ0) is 35.3. The van der Waals surface area contributed by atoms with E-state index in [1.807, 2.05) is 72.8 Å². The Morgan fingerprint density at radius 3 is 1.86 bits per heavy atom. The molecule has 0 bridgehead atoms. The van der Waals surface area contributed by atoms with Crippen molar-refractivity contribution < 1.29 is 28.8 Å². The maximum Gasteiger partial charge on any atom is 0.152 e. The van der Waals surface area contributed by atoms with Crippen LogP contribution in [0.1, 0.15) is 52.3 Å². The molecule has 5 aromatic rings. The van der Waals surface area contributed by atoms with Gasteiger partial charge in [-0.3, -0.25) is 0 Å². The minimum Gasteiger partial charge on any atom is -0.491 e. The molecule has 1 aliphatic rings. The summed E-state index contributed by atoms with van der Waals surface area (Å²) >= 11 is 10.9. The third-order valence-corrected chi connectivity index (χ3v) is 10.1. The molecule has 3 unspecified atom stereocenters. The summed E-state index contributed by atoms with van der Waals surface area (Å²) in [5.74, 6) is 0.540. The van der Waals surface area contributed by atoms with Crippen LogP contribution < -0.4 is 4.74 Å². The van der Waals surface area contributed by atoms with Crippen LogP contribution in [0, 0.1) is 0 Å². The molecule has 6 nitrogen and oxygen atoms in total. The summed E-state index contributed by atoms with van der Waals surface area (Å²) in [6, 6.07) is 42.8. The normalized spacial score (nSPS) is 18.8. The molecule has 0 amide bonds. The number of rotatable bonds is 17. The molecule has 0 aromatic heterocycles. The number of ether oxygens (including phenoxy) is 5. The van der Waals surface area contributed by atoms with Crippen LogP contribution in [0.2, 0.25) is 5.02 Å². The van der Waals surface area contributed by atoms with Crippen molar-refractivity contribution in [1.82, 2.24) is 0 Å². The highest BCUT2D eigenvalue weighted by atomic mass is 79.9. The molecule has 6 rings (SSSR count). The van der Waals surface area contributed by atoms with Gasteiger partial charge >= 0.3 is 0 Å². The van der Waals surface area contributed by atoms with E-state index in [1.165, 1.54) is 0 Å². The lowest BCUT2D eigenvalue weighted by atomic mass is 9.91. The Hall–Kier alpha value is -3.53. The third-order valence-electron chi connectivity index (χ3n) is 8.90. The molecule has 0 aliphatic carbocycles. The molecule has 1 aliphatic heterocycles. The van der Waals surface area contributed by atoms with Gasteiger partial charge in [-0.25, -0.2) is 0 Å². The molecule has 4 atom stereocenters. The quantitative estimate of drug-likeness (QED) is 0.0951. The molecule has 8 heteroatoms. The summed E-state index contributed by atoms with van der Waals surface area (Å²) in [7, 11) is 0. The van der Waals surface area contributed by atoms with Gasteiger partial charge in [0, 0.05) is 19.4 Å². The van der Waals surface area contributed by atoms with E-state index in [0.717, 1.165) is 37.9 Å². The highest BCUT2D eigenvalue weighted by molar-refractivity contribution is 9.10. The van der Waals surface area contributed by atoms with Crippen LogP contribution in [0.4, 0.5) is 0 Å². The van der Waals surface area contributed by atoms with Crippen LogP contribution in [0.3, 0.4) is 0 Å². The van der Waals surface area contributed by atoms with Gasteiger partial charge in [-0.2, -0.15) is 0 Å². The highest BCUT2D eigenvalue weighted by Gasteiger charge is 2.42. The maximum absolute atomic E-state index is 9.48. The number of halogens is 2. The summed E-state index contributed by atoms with van der Waals surface area (Å²) in [4.78, 5) is 0. The SMILES string of the molecule is OCCCOc1c(Cl)c(Cc2ccccc2)cc(C2CC(OCc3ccccc3)[C@H](OCc3ccccc3)C(COCc3ccccc3)O2)c1Br. The predicted molar refractivity (Wildman–Crippen MR) is 204 cm³/mol. The summed E-state index contributed by atoms with van der Waals surface area (Å²) in [5, 5.41) is 10.0. The van der Waals surface area contributed by atoms with Crippen LogP contribution in [-0.4, -0.2) is 43.2 Å². The average molecular weight is 772 g/mol. The van der Waals surface area contributed by atoms with E-state index < -0.39 is 18.3 Å². The van der Waals surface area contributed by atoms with E-state index in [2.05, 4.69) is 70.5 Å². The van der Waals surface area contributed by atoms with Gasteiger partial charge in [0.25, 0.3) is 0 Å². The van der Waals surface area contributed by atoms with Crippen molar-refractivity contribution in [2.75, 3.05) is 19.8 Å².